The zero-order valence-electron chi connectivity index (χ0n) is 15.1. The Balaban J connectivity index is 1.62. The molecule has 0 unspecified atom stereocenters. The predicted molar refractivity (Wildman–Crippen MR) is 100 cm³/mol. The van der Waals surface area contributed by atoms with Crippen molar-refractivity contribution in [1.82, 2.24) is 19.9 Å². The number of ether oxygens (including phenoxy) is 1. The summed E-state index contributed by atoms with van der Waals surface area (Å²) in [5.74, 6) is 0.627. The van der Waals surface area contributed by atoms with E-state index in [0.29, 0.717) is 24.3 Å². The number of aromatic amines is 3. The molecule has 3 aromatic rings. The van der Waals surface area contributed by atoms with Gasteiger partial charge in [0.25, 0.3) is 5.56 Å². The van der Waals surface area contributed by atoms with Gasteiger partial charge in [-0.15, -0.1) is 0 Å². The van der Waals surface area contributed by atoms with Crippen molar-refractivity contribution >= 4 is 16.8 Å². The van der Waals surface area contributed by atoms with Crippen LogP contribution in [0.4, 0.5) is 0 Å². The number of fused-ring (bicyclic) bond motifs is 3. The van der Waals surface area contributed by atoms with Crippen LogP contribution in [0.2, 0.25) is 0 Å². The zero-order valence-corrected chi connectivity index (χ0v) is 15.1. The highest BCUT2D eigenvalue weighted by atomic mass is 16.5. The largest absolute Gasteiger partial charge is 0.497 e. The second-order valence-corrected chi connectivity index (χ2v) is 6.75. The summed E-state index contributed by atoms with van der Waals surface area (Å²) >= 11 is 0. The lowest BCUT2D eigenvalue weighted by atomic mass is 10.0. The molecule has 4 rings (SSSR count). The van der Waals surface area contributed by atoms with E-state index in [-0.39, 0.29) is 12.3 Å². The van der Waals surface area contributed by atoms with Crippen molar-refractivity contribution in [2.24, 2.45) is 0 Å². The number of aryl methyl sites for hydroxylation is 1. The summed E-state index contributed by atoms with van der Waals surface area (Å²) in [6, 6.07) is 5.84. The Hall–Kier alpha value is -3.29. The van der Waals surface area contributed by atoms with Crippen LogP contribution in [-0.4, -0.2) is 39.4 Å². The number of rotatable bonds is 3. The molecule has 0 spiro atoms. The molecule has 1 aliphatic rings. The first-order valence-electron chi connectivity index (χ1n) is 8.73. The Morgan fingerprint density at radius 3 is 2.78 bits per heavy atom. The first-order valence-corrected chi connectivity index (χ1v) is 8.73. The number of carbonyl (C=O) groups excluding carboxylic acids is 1. The molecule has 1 amide bonds. The van der Waals surface area contributed by atoms with E-state index in [4.69, 9.17) is 4.74 Å². The van der Waals surface area contributed by atoms with Crippen LogP contribution in [0.25, 0.3) is 10.9 Å². The number of nitrogens with one attached hydrogen (secondary N) is 3. The molecule has 0 aliphatic carbocycles. The monoisotopic (exact) mass is 368 g/mol. The second kappa shape index (κ2) is 6.46. The molecule has 0 saturated carbocycles. The summed E-state index contributed by atoms with van der Waals surface area (Å²) in [7, 11) is 1.63. The normalized spacial score (nSPS) is 13.6. The van der Waals surface area contributed by atoms with Crippen molar-refractivity contribution in [3.05, 3.63) is 61.6 Å². The van der Waals surface area contributed by atoms with Crippen LogP contribution in [0.1, 0.15) is 22.5 Å². The van der Waals surface area contributed by atoms with Gasteiger partial charge in [0.1, 0.15) is 5.75 Å². The van der Waals surface area contributed by atoms with E-state index in [0.717, 1.165) is 34.3 Å². The number of H-pyrrole nitrogens is 3. The number of carbonyl (C=O) groups is 1. The third-order valence-corrected chi connectivity index (χ3v) is 5.12. The Morgan fingerprint density at radius 2 is 2.04 bits per heavy atom. The maximum absolute atomic E-state index is 12.8. The fourth-order valence-electron chi connectivity index (χ4n) is 3.63. The minimum Gasteiger partial charge on any atom is -0.497 e. The Labute approximate surface area is 154 Å². The van der Waals surface area contributed by atoms with Crippen molar-refractivity contribution in [2.75, 3.05) is 13.7 Å². The molecular weight excluding hydrogens is 348 g/mol. The Morgan fingerprint density at radius 1 is 1.22 bits per heavy atom. The molecule has 0 atom stereocenters. The maximum Gasteiger partial charge on any atom is 0.325 e. The molecule has 140 valence electrons. The van der Waals surface area contributed by atoms with Crippen molar-refractivity contribution in [1.29, 1.82) is 0 Å². The summed E-state index contributed by atoms with van der Waals surface area (Å²) in [4.78, 5) is 46.0. The highest BCUT2D eigenvalue weighted by molar-refractivity contribution is 5.87. The molecule has 0 fully saturated rings. The van der Waals surface area contributed by atoms with Crippen molar-refractivity contribution in [3.63, 3.8) is 0 Å². The molecule has 27 heavy (non-hydrogen) atoms. The number of benzene rings is 1. The lowest BCUT2D eigenvalue weighted by Crippen LogP contribution is -2.38. The molecule has 8 heteroatoms. The fraction of sp³-hybridized carbons (Fsp3) is 0.316. The van der Waals surface area contributed by atoms with Gasteiger partial charge in [-0.3, -0.25) is 14.6 Å². The lowest BCUT2D eigenvalue weighted by Gasteiger charge is -2.27. The van der Waals surface area contributed by atoms with E-state index in [1.807, 2.05) is 18.2 Å². The van der Waals surface area contributed by atoms with Gasteiger partial charge in [0.05, 0.1) is 13.5 Å². The van der Waals surface area contributed by atoms with E-state index in [2.05, 4.69) is 15.0 Å². The van der Waals surface area contributed by atoms with Gasteiger partial charge in [0, 0.05) is 52.9 Å². The molecule has 3 heterocycles. The third-order valence-electron chi connectivity index (χ3n) is 5.12. The number of methoxy groups -OCH3 is 1. The Kier molecular flexibility index (Phi) is 4.10. The molecule has 0 saturated heterocycles. The van der Waals surface area contributed by atoms with Gasteiger partial charge in [-0.2, -0.15) is 0 Å². The number of nitrogens with zero attached hydrogens (tertiary/aromatic N) is 1. The number of aromatic nitrogens is 3. The van der Waals surface area contributed by atoms with Crippen LogP contribution in [-0.2, 0) is 24.2 Å². The van der Waals surface area contributed by atoms with Crippen LogP contribution >= 0.6 is 0 Å². The van der Waals surface area contributed by atoms with E-state index >= 15 is 0 Å². The topological polar surface area (TPSA) is 111 Å². The van der Waals surface area contributed by atoms with Crippen molar-refractivity contribution in [2.45, 2.75) is 26.3 Å². The first-order chi connectivity index (χ1) is 13.0. The summed E-state index contributed by atoms with van der Waals surface area (Å²) in [6.07, 6.45) is 0.679. The highest BCUT2D eigenvalue weighted by Gasteiger charge is 2.25. The van der Waals surface area contributed by atoms with Gasteiger partial charge in [-0.05, 0) is 25.1 Å². The van der Waals surface area contributed by atoms with Crippen LogP contribution in [0.15, 0.2) is 27.8 Å². The molecule has 3 N–H and O–H groups in total. The fourth-order valence-corrected chi connectivity index (χ4v) is 3.63. The van der Waals surface area contributed by atoms with Gasteiger partial charge >= 0.3 is 5.69 Å². The molecule has 1 aliphatic heterocycles. The minimum atomic E-state index is -0.566. The van der Waals surface area contributed by atoms with Gasteiger partial charge < -0.3 is 19.6 Å². The van der Waals surface area contributed by atoms with E-state index in [9.17, 15) is 14.4 Å². The summed E-state index contributed by atoms with van der Waals surface area (Å²) in [5.41, 5.74) is 2.86. The SMILES string of the molecule is COc1ccc2[nH]c3c(c2c1)CN(C(=O)Cc1c(C)[nH]c(=O)[nH]c1=O)CC3. The Bertz CT molecular complexity index is 1150. The summed E-state index contributed by atoms with van der Waals surface area (Å²) < 4.78 is 5.31. The van der Waals surface area contributed by atoms with Gasteiger partial charge in [-0.25, -0.2) is 4.79 Å². The van der Waals surface area contributed by atoms with E-state index in [1.54, 1.807) is 18.9 Å². The highest BCUT2D eigenvalue weighted by Crippen LogP contribution is 2.30. The van der Waals surface area contributed by atoms with Crippen molar-refractivity contribution in [3.8, 4) is 5.75 Å². The maximum atomic E-state index is 12.8. The van der Waals surface area contributed by atoms with Crippen molar-refractivity contribution < 1.29 is 9.53 Å². The molecule has 0 bridgehead atoms. The number of hydrogen-bond acceptors (Lipinski definition) is 4. The lowest BCUT2D eigenvalue weighted by molar-refractivity contribution is -0.131. The molecule has 0 radical (unpaired) electrons. The third kappa shape index (κ3) is 3.03. The average Bonchev–Trinajstić information content (AvgIpc) is 3.01. The number of hydrogen-bond donors (Lipinski definition) is 3. The van der Waals surface area contributed by atoms with Gasteiger partial charge in [-0.1, -0.05) is 0 Å². The standard InChI is InChI=1S/C19H20N4O4/c1-10-12(18(25)22-19(26)20-10)8-17(24)23-6-5-16-14(9-23)13-7-11(27-2)3-4-15(13)21-16/h3-4,7,21H,5-6,8-9H2,1-2H3,(H2,20,22,25,26). The van der Waals surface area contributed by atoms with Crippen LogP contribution < -0.4 is 16.0 Å². The molecule has 2 aromatic heterocycles. The van der Waals surface area contributed by atoms with Crippen LogP contribution in [0, 0.1) is 6.92 Å². The first kappa shape index (κ1) is 17.1. The summed E-state index contributed by atoms with van der Waals surface area (Å²) in [5, 5.41) is 1.04. The smallest absolute Gasteiger partial charge is 0.325 e. The van der Waals surface area contributed by atoms with Crippen LogP contribution in [0.5, 0.6) is 5.75 Å². The predicted octanol–water partition coefficient (Wildman–Crippen LogP) is 0.989. The molecular formula is C19H20N4O4. The summed E-state index contributed by atoms with van der Waals surface area (Å²) in [6.45, 7) is 2.68. The average molecular weight is 368 g/mol. The van der Waals surface area contributed by atoms with Gasteiger partial charge in [0.15, 0.2) is 0 Å². The quantitative estimate of drug-likeness (QED) is 0.640. The van der Waals surface area contributed by atoms with E-state index < -0.39 is 11.2 Å². The molecule has 1 aromatic carbocycles. The second-order valence-electron chi connectivity index (χ2n) is 6.75. The van der Waals surface area contributed by atoms with E-state index in [1.165, 1.54) is 0 Å². The van der Waals surface area contributed by atoms with Gasteiger partial charge in [0.2, 0.25) is 5.91 Å². The minimum absolute atomic E-state index is 0.0427. The number of amides is 1. The van der Waals surface area contributed by atoms with Crippen LogP contribution in [0.3, 0.4) is 0 Å². The zero-order chi connectivity index (χ0) is 19.1. The molecule has 8 nitrogen and oxygen atoms in total.